The van der Waals surface area contributed by atoms with E-state index in [0.717, 1.165) is 11.3 Å². The predicted molar refractivity (Wildman–Crippen MR) is 103 cm³/mol. The van der Waals surface area contributed by atoms with Crippen LogP contribution in [0.25, 0.3) is 0 Å². The lowest BCUT2D eigenvalue weighted by molar-refractivity contribution is 0.526. The molecule has 1 heterocycles. The molecule has 0 aromatic rings. The zero-order valence-corrected chi connectivity index (χ0v) is 15.6. The van der Waals surface area contributed by atoms with Crippen molar-refractivity contribution in [2.24, 2.45) is 4.99 Å². The fraction of sp³-hybridized carbons (Fsp3) is 0.350. The van der Waals surface area contributed by atoms with Crippen LogP contribution in [-0.2, 0) is 0 Å². The molecule has 1 rings (SSSR count). The Morgan fingerprint density at radius 1 is 1.42 bits per heavy atom. The van der Waals surface area contributed by atoms with E-state index in [1.807, 2.05) is 58.0 Å². The monoisotopic (exact) mass is 329 g/mol. The van der Waals surface area contributed by atoms with E-state index in [1.165, 1.54) is 6.08 Å². The number of alkyl halides is 1. The average molecular weight is 329 g/mol. The van der Waals surface area contributed by atoms with Crippen LogP contribution in [-0.4, -0.2) is 38.6 Å². The summed E-state index contributed by atoms with van der Waals surface area (Å²) in [7, 11) is 5.54. The maximum atomic E-state index is 12.5. The molecule has 1 aliphatic rings. The van der Waals surface area contributed by atoms with E-state index in [4.69, 9.17) is 0 Å². The summed E-state index contributed by atoms with van der Waals surface area (Å²) in [5.41, 5.74) is 3.06. The molecule has 0 unspecified atom stereocenters. The minimum Gasteiger partial charge on any atom is -0.377 e. The first kappa shape index (κ1) is 21.5. The van der Waals surface area contributed by atoms with Gasteiger partial charge in [0.2, 0.25) is 0 Å². The molecule has 0 aliphatic carbocycles. The van der Waals surface area contributed by atoms with Gasteiger partial charge in [0.15, 0.2) is 0 Å². The Kier molecular flexibility index (Phi) is 10.7. The van der Waals surface area contributed by atoms with E-state index in [9.17, 15) is 4.39 Å². The lowest BCUT2D eigenvalue weighted by atomic mass is 10.2. The van der Waals surface area contributed by atoms with Crippen molar-refractivity contribution >= 4 is 5.84 Å². The number of allylic oxidation sites excluding steroid dienone is 6. The molecule has 0 saturated heterocycles. The molecule has 130 valence electrons. The van der Waals surface area contributed by atoms with Crippen molar-refractivity contribution in [1.29, 1.82) is 0 Å². The Labute approximate surface area is 146 Å². The largest absolute Gasteiger partial charge is 0.377 e. The van der Waals surface area contributed by atoms with Crippen molar-refractivity contribution in [3.63, 3.8) is 0 Å². The normalized spacial score (nSPS) is 17.0. The first-order valence-electron chi connectivity index (χ1n) is 7.97. The van der Waals surface area contributed by atoms with Gasteiger partial charge in [0.05, 0.1) is 11.4 Å². The van der Waals surface area contributed by atoms with E-state index in [0.29, 0.717) is 17.1 Å². The highest BCUT2D eigenvalue weighted by Crippen LogP contribution is 2.13. The number of nitrogens with one attached hydrogen (secondary N) is 1. The number of hydrogen-bond acceptors (Lipinski definition) is 2. The Balaban J connectivity index is 0.00000254. The van der Waals surface area contributed by atoms with Gasteiger partial charge in [-0.1, -0.05) is 38.5 Å². The van der Waals surface area contributed by atoms with Crippen molar-refractivity contribution in [2.75, 3.05) is 27.8 Å². The molecule has 0 spiro atoms. The van der Waals surface area contributed by atoms with Crippen molar-refractivity contribution in [2.45, 2.75) is 20.8 Å². The van der Waals surface area contributed by atoms with Crippen molar-refractivity contribution in [3.8, 4) is 11.8 Å². The zero-order valence-electron chi connectivity index (χ0n) is 15.6. The van der Waals surface area contributed by atoms with Gasteiger partial charge in [0, 0.05) is 32.3 Å². The molecular formula is C20H28FN3. The van der Waals surface area contributed by atoms with E-state index in [1.54, 1.807) is 13.1 Å². The van der Waals surface area contributed by atoms with Crippen molar-refractivity contribution in [3.05, 3.63) is 59.5 Å². The molecule has 0 radical (unpaired) electrons. The Hall–Kier alpha value is -2.54. The van der Waals surface area contributed by atoms with Gasteiger partial charge in [0.25, 0.3) is 0 Å². The topological polar surface area (TPSA) is 27.6 Å². The van der Waals surface area contributed by atoms with E-state index in [-0.39, 0.29) is 0 Å². The highest BCUT2D eigenvalue weighted by molar-refractivity contribution is 6.05. The van der Waals surface area contributed by atoms with Crippen LogP contribution < -0.4 is 5.32 Å². The summed E-state index contributed by atoms with van der Waals surface area (Å²) in [6.45, 7) is 9.43. The quantitative estimate of drug-likeness (QED) is 0.623. The second kappa shape index (κ2) is 12.0. The molecule has 0 amide bonds. The van der Waals surface area contributed by atoms with Gasteiger partial charge in [-0.2, -0.15) is 0 Å². The predicted octanol–water partition coefficient (Wildman–Crippen LogP) is 4.01. The average Bonchev–Trinajstić information content (AvgIpc) is 2.97. The summed E-state index contributed by atoms with van der Waals surface area (Å²) in [5, 5.41) is 3.06. The molecule has 0 aromatic carbocycles. The maximum Gasteiger partial charge on any atom is 0.132 e. The van der Waals surface area contributed by atoms with Crippen LogP contribution in [0, 0.1) is 11.8 Å². The molecule has 0 atom stereocenters. The Morgan fingerprint density at radius 3 is 2.58 bits per heavy atom. The van der Waals surface area contributed by atoms with Gasteiger partial charge in [0.1, 0.15) is 12.5 Å². The van der Waals surface area contributed by atoms with Crippen molar-refractivity contribution < 1.29 is 4.39 Å². The third-order valence-electron chi connectivity index (χ3n) is 2.93. The van der Waals surface area contributed by atoms with Crippen LogP contribution in [0.15, 0.2) is 64.5 Å². The van der Waals surface area contributed by atoms with E-state index in [2.05, 4.69) is 28.7 Å². The van der Waals surface area contributed by atoms with Crippen LogP contribution in [0.5, 0.6) is 0 Å². The molecule has 0 fully saturated rings. The second-order valence-corrected chi connectivity index (χ2v) is 4.77. The second-order valence-electron chi connectivity index (χ2n) is 4.77. The highest BCUT2D eigenvalue weighted by Gasteiger charge is 2.13. The number of amidine groups is 1. The molecular weight excluding hydrogens is 301 g/mol. The number of rotatable bonds is 4. The smallest absolute Gasteiger partial charge is 0.132 e. The van der Waals surface area contributed by atoms with Gasteiger partial charge in [-0.25, -0.2) is 4.39 Å². The van der Waals surface area contributed by atoms with Crippen LogP contribution >= 0.6 is 0 Å². The molecule has 0 saturated carbocycles. The van der Waals surface area contributed by atoms with Gasteiger partial charge in [-0.05, 0) is 31.1 Å². The van der Waals surface area contributed by atoms with Crippen LogP contribution in [0.4, 0.5) is 4.39 Å². The first-order chi connectivity index (χ1) is 11.5. The standard InChI is InChI=1S/C18H22FN3.C2H6/c1-6-7-8-17(22(4)5)14(2)9-10-16-13-15(11-12-19)18(20-3)21-16;1-2/h6-8,11,13H,2,12H2,1,3-5H3,(H,20,21);1-2H3/b7-6-,15-11-,17-8+;. The molecule has 4 heteroatoms. The lowest BCUT2D eigenvalue weighted by Gasteiger charge is -2.15. The minimum absolute atomic E-state index is 0.531. The van der Waals surface area contributed by atoms with Crippen LogP contribution in [0.1, 0.15) is 20.8 Å². The number of aliphatic imine (C=N–C) groups is 1. The van der Waals surface area contributed by atoms with Crippen molar-refractivity contribution in [1.82, 2.24) is 10.2 Å². The SMILES string of the molecule is C=C(C#CC1=C/C(=C/CF)C(=NC)N1)/C(=C\C=C/C)N(C)C.CC. The summed E-state index contributed by atoms with van der Waals surface area (Å²) in [6.07, 6.45) is 9.10. The molecule has 24 heavy (non-hydrogen) atoms. The summed E-state index contributed by atoms with van der Waals surface area (Å²) in [6, 6.07) is 0. The molecule has 1 aliphatic heterocycles. The third-order valence-corrected chi connectivity index (χ3v) is 2.93. The van der Waals surface area contributed by atoms with Crippen LogP contribution in [0.3, 0.4) is 0 Å². The molecule has 3 nitrogen and oxygen atoms in total. The van der Waals surface area contributed by atoms with E-state index < -0.39 is 6.67 Å². The van der Waals surface area contributed by atoms with Gasteiger partial charge in [-0.3, -0.25) is 4.99 Å². The zero-order chi connectivity index (χ0) is 18.5. The molecule has 0 bridgehead atoms. The lowest BCUT2D eigenvalue weighted by Crippen LogP contribution is -2.16. The van der Waals surface area contributed by atoms with Gasteiger partial charge >= 0.3 is 0 Å². The number of likely N-dealkylation sites (N-methyl/N-ethyl adjacent to an activating group) is 1. The fourth-order valence-corrected chi connectivity index (χ4v) is 1.86. The van der Waals surface area contributed by atoms with Gasteiger partial charge < -0.3 is 10.2 Å². The Morgan fingerprint density at radius 2 is 2.08 bits per heavy atom. The highest BCUT2D eigenvalue weighted by atomic mass is 19.1. The van der Waals surface area contributed by atoms with E-state index >= 15 is 0 Å². The summed E-state index contributed by atoms with van der Waals surface area (Å²) in [4.78, 5) is 6.03. The summed E-state index contributed by atoms with van der Waals surface area (Å²) < 4.78 is 12.5. The van der Waals surface area contributed by atoms with Gasteiger partial charge in [-0.15, -0.1) is 0 Å². The fourth-order valence-electron chi connectivity index (χ4n) is 1.86. The minimum atomic E-state index is -0.531. The number of hydrogen-bond donors (Lipinski definition) is 1. The molecule has 0 aromatic heterocycles. The van der Waals surface area contributed by atoms with Crippen LogP contribution in [0.2, 0.25) is 0 Å². The maximum absolute atomic E-state index is 12.5. The Bertz CT molecular complexity index is 636. The third kappa shape index (κ3) is 6.70. The number of halogens is 1. The number of nitrogens with zero attached hydrogens (tertiary/aromatic N) is 2. The molecule has 1 N–H and O–H groups in total. The summed E-state index contributed by atoms with van der Waals surface area (Å²) >= 11 is 0. The summed E-state index contributed by atoms with van der Waals surface area (Å²) in [5.74, 6) is 6.67. The first-order valence-corrected chi connectivity index (χ1v) is 7.97.